The first-order chi connectivity index (χ1) is 11.8. The minimum atomic E-state index is 0.0359. The van der Waals surface area contributed by atoms with Crippen molar-refractivity contribution >= 4 is 5.91 Å². The summed E-state index contributed by atoms with van der Waals surface area (Å²) in [6, 6.07) is 8.58. The van der Waals surface area contributed by atoms with E-state index in [-0.39, 0.29) is 11.8 Å². The van der Waals surface area contributed by atoms with Gasteiger partial charge in [-0.25, -0.2) is 9.67 Å². The lowest BCUT2D eigenvalue weighted by Gasteiger charge is -2.29. The number of ether oxygens (including phenoxy) is 1. The van der Waals surface area contributed by atoms with Gasteiger partial charge in [0, 0.05) is 19.2 Å². The highest BCUT2D eigenvalue weighted by atomic mass is 16.5. The van der Waals surface area contributed by atoms with Gasteiger partial charge in [0.15, 0.2) is 0 Å². The second-order valence-corrected chi connectivity index (χ2v) is 6.62. The van der Waals surface area contributed by atoms with Crippen LogP contribution in [0, 0.1) is 5.92 Å². The molecule has 1 aliphatic heterocycles. The molecule has 0 bridgehead atoms. The van der Waals surface area contributed by atoms with Gasteiger partial charge in [-0.05, 0) is 43.4 Å². The molecule has 0 spiro atoms. The smallest absolute Gasteiger partial charge is 0.228 e. The molecule has 0 radical (unpaired) electrons. The average molecular weight is 326 g/mol. The van der Waals surface area contributed by atoms with Crippen LogP contribution in [0.3, 0.4) is 0 Å². The maximum absolute atomic E-state index is 12.9. The topological polar surface area (TPSA) is 60.2 Å². The molecule has 1 aromatic carbocycles. The van der Waals surface area contributed by atoms with Gasteiger partial charge in [0.25, 0.3) is 0 Å². The van der Waals surface area contributed by atoms with Crippen LogP contribution in [-0.4, -0.2) is 44.8 Å². The Morgan fingerprint density at radius 2 is 2.08 bits per heavy atom. The van der Waals surface area contributed by atoms with Crippen molar-refractivity contribution in [2.75, 3.05) is 13.2 Å². The molecule has 2 fully saturated rings. The van der Waals surface area contributed by atoms with Gasteiger partial charge in [0.05, 0.1) is 18.2 Å². The molecule has 2 aromatic rings. The first kappa shape index (κ1) is 15.3. The minimum absolute atomic E-state index is 0.0359. The third kappa shape index (κ3) is 3.33. The zero-order valence-corrected chi connectivity index (χ0v) is 13.7. The van der Waals surface area contributed by atoms with E-state index in [1.54, 1.807) is 11.0 Å². The molecule has 1 saturated heterocycles. The van der Waals surface area contributed by atoms with Crippen LogP contribution in [0.15, 0.2) is 36.9 Å². The summed E-state index contributed by atoms with van der Waals surface area (Å²) in [5.74, 6) is 0.298. The molecule has 4 rings (SSSR count). The summed E-state index contributed by atoms with van der Waals surface area (Å²) >= 11 is 0. The number of carbonyl (C=O) groups is 1. The molecule has 0 N–H and O–H groups in total. The molecule has 1 unspecified atom stereocenters. The summed E-state index contributed by atoms with van der Waals surface area (Å²) in [4.78, 5) is 18.9. The van der Waals surface area contributed by atoms with Crippen molar-refractivity contribution in [2.24, 2.45) is 5.92 Å². The van der Waals surface area contributed by atoms with Gasteiger partial charge >= 0.3 is 0 Å². The number of benzene rings is 1. The Morgan fingerprint density at radius 1 is 1.25 bits per heavy atom. The number of rotatable bonds is 5. The van der Waals surface area contributed by atoms with Crippen LogP contribution in [0.2, 0.25) is 0 Å². The molecular formula is C18H22N4O2. The molecule has 126 valence electrons. The molecule has 1 atom stereocenters. The fourth-order valence-electron chi connectivity index (χ4n) is 3.24. The highest BCUT2D eigenvalue weighted by Gasteiger charge is 2.36. The van der Waals surface area contributed by atoms with Crippen LogP contribution in [0.25, 0.3) is 5.69 Å². The number of hydrogen-bond acceptors (Lipinski definition) is 4. The number of carbonyl (C=O) groups excluding carboxylic acids is 1. The van der Waals surface area contributed by atoms with Crippen LogP contribution in [-0.2, 0) is 16.1 Å². The molecule has 1 amide bonds. The fraction of sp³-hybridized carbons (Fsp3) is 0.500. The fourth-order valence-corrected chi connectivity index (χ4v) is 3.24. The van der Waals surface area contributed by atoms with E-state index in [1.165, 1.54) is 6.33 Å². The lowest BCUT2D eigenvalue weighted by atomic mass is 10.00. The largest absolute Gasteiger partial charge is 0.381 e. The van der Waals surface area contributed by atoms with E-state index in [0.717, 1.165) is 43.5 Å². The predicted octanol–water partition coefficient (Wildman–Crippen LogP) is 2.18. The Bertz CT molecular complexity index is 674. The molecule has 1 aromatic heterocycles. The van der Waals surface area contributed by atoms with Gasteiger partial charge in [-0.2, -0.15) is 5.10 Å². The SMILES string of the molecule is O=C(C1CCCOC1)N(Cc1ccc(-n2cncn2)cc1)C1CC1. The van der Waals surface area contributed by atoms with Gasteiger partial charge in [-0.3, -0.25) is 4.79 Å². The van der Waals surface area contributed by atoms with Crippen LogP contribution < -0.4 is 0 Å². The van der Waals surface area contributed by atoms with Crippen LogP contribution in [0.1, 0.15) is 31.2 Å². The monoisotopic (exact) mass is 326 g/mol. The van der Waals surface area contributed by atoms with E-state index in [0.29, 0.717) is 19.2 Å². The lowest BCUT2D eigenvalue weighted by molar-refractivity contribution is -0.141. The molecule has 1 aliphatic carbocycles. The van der Waals surface area contributed by atoms with E-state index in [9.17, 15) is 4.79 Å². The number of amides is 1. The summed E-state index contributed by atoms with van der Waals surface area (Å²) in [5.41, 5.74) is 2.12. The maximum atomic E-state index is 12.9. The molecule has 1 saturated carbocycles. The predicted molar refractivity (Wildman–Crippen MR) is 88.5 cm³/mol. The van der Waals surface area contributed by atoms with E-state index in [2.05, 4.69) is 27.1 Å². The minimum Gasteiger partial charge on any atom is -0.381 e. The van der Waals surface area contributed by atoms with Crippen molar-refractivity contribution in [1.29, 1.82) is 0 Å². The second kappa shape index (κ2) is 6.73. The summed E-state index contributed by atoms with van der Waals surface area (Å²) in [7, 11) is 0. The quantitative estimate of drug-likeness (QED) is 0.845. The highest BCUT2D eigenvalue weighted by molar-refractivity contribution is 5.79. The summed E-state index contributed by atoms with van der Waals surface area (Å²) < 4.78 is 7.23. The Labute approximate surface area is 141 Å². The third-order valence-electron chi connectivity index (χ3n) is 4.75. The Hall–Kier alpha value is -2.21. The molecule has 6 nitrogen and oxygen atoms in total. The number of nitrogens with zero attached hydrogens (tertiary/aromatic N) is 4. The molecule has 2 heterocycles. The van der Waals surface area contributed by atoms with E-state index in [4.69, 9.17) is 4.74 Å². The summed E-state index contributed by atoms with van der Waals surface area (Å²) in [5, 5.41) is 4.13. The van der Waals surface area contributed by atoms with Crippen LogP contribution in [0.5, 0.6) is 0 Å². The third-order valence-corrected chi connectivity index (χ3v) is 4.75. The number of hydrogen-bond donors (Lipinski definition) is 0. The van der Waals surface area contributed by atoms with Gasteiger partial charge in [-0.1, -0.05) is 12.1 Å². The van der Waals surface area contributed by atoms with Gasteiger partial charge in [0.1, 0.15) is 12.7 Å². The molecular weight excluding hydrogens is 304 g/mol. The number of aromatic nitrogens is 3. The van der Waals surface area contributed by atoms with Crippen molar-refractivity contribution in [3.05, 3.63) is 42.5 Å². The maximum Gasteiger partial charge on any atom is 0.228 e. The Morgan fingerprint density at radius 3 is 2.71 bits per heavy atom. The first-order valence-electron chi connectivity index (χ1n) is 8.63. The standard InChI is InChI=1S/C18H22N4O2/c23-18(15-2-1-9-24-11-15)21(16-7-8-16)10-14-3-5-17(6-4-14)22-13-19-12-20-22/h3-6,12-13,15-16H,1-2,7-11H2. The van der Waals surface area contributed by atoms with Crippen molar-refractivity contribution in [3.8, 4) is 5.69 Å². The Balaban J connectivity index is 1.46. The van der Waals surface area contributed by atoms with Crippen LogP contribution in [0.4, 0.5) is 0 Å². The highest BCUT2D eigenvalue weighted by Crippen LogP contribution is 2.31. The normalized spacial score (nSPS) is 20.8. The summed E-state index contributed by atoms with van der Waals surface area (Å²) in [6.45, 7) is 2.04. The Kier molecular flexibility index (Phi) is 4.30. The van der Waals surface area contributed by atoms with Crippen LogP contribution >= 0.6 is 0 Å². The first-order valence-corrected chi connectivity index (χ1v) is 8.63. The molecule has 24 heavy (non-hydrogen) atoms. The van der Waals surface area contributed by atoms with Crippen molar-refractivity contribution in [1.82, 2.24) is 19.7 Å². The van der Waals surface area contributed by atoms with Gasteiger partial charge in [-0.15, -0.1) is 0 Å². The van der Waals surface area contributed by atoms with Gasteiger partial charge in [0.2, 0.25) is 5.91 Å². The van der Waals surface area contributed by atoms with Crippen molar-refractivity contribution in [3.63, 3.8) is 0 Å². The van der Waals surface area contributed by atoms with E-state index >= 15 is 0 Å². The van der Waals surface area contributed by atoms with E-state index in [1.807, 2.05) is 12.1 Å². The average Bonchev–Trinajstić information content (AvgIpc) is 3.33. The molecule has 2 aliphatic rings. The van der Waals surface area contributed by atoms with E-state index < -0.39 is 0 Å². The molecule has 6 heteroatoms. The zero-order chi connectivity index (χ0) is 16.4. The lowest BCUT2D eigenvalue weighted by Crippen LogP contribution is -2.40. The van der Waals surface area contributed by atoms with Crippen molar-refractivity contribution < 1.29 is 9.53 Å². The van der Waals surface area contributed by atoms with Gasteiger partial charge < -0.3 is 9.64 Å². The zero-order valence-electron chi connectivity index (χ0n) is 13.7. The second-order valence-electron chi connectivity index (χ2n) is 6.62. The van der Waals surface area contributed by atoms with Crippen molar-refractivity contribution in [2.45, 2.75) is 38.3 Å². The summed E-state index contributed by atoms with van der Waals surface area (Å²) in [6.07, 6.45) is 7.38.